The zero-order valence-corrected chi connectivity index (χ0v) is 10.8. The van der Waals surface area contributed by atoms with Crippen molar-refractivity contribution in [1.82, 2.24) is 15.4 Å². The van der Waals surface area contributed by atoms with Crippen LogP contribution in [0.25, 0.3) is 0 Å². The summed E-state index contributed by atoms with van der Waals surface area (Å²) in [7, 11) is 3.18. The number of hydrogen-bond donors (Lipinski definition) is 2. The molecule has 0 aliphatic carbocycles. The van der Waals surface area contributed by atoms with E-state index < -0.39 is 0 Å². The zero-order chi connectivity index (χ0) is 13.7. The van der Waals surface area contributed by atoms with E-state index in [0.29, 0.717) is 17.3 Å². The van der Waals surface area contributed by atoms with Crippen LogP contribution in [0.5, 0.6) is 11.5 Å². The minimum absolute atomic E-state index is 0.305. The van der Waals surface area contributed by atoms with Crippen molar-refractivity contribution >= 4 is 0 Å². The van der Waals surface area contributed by atoms with E-state index in [0.717, 1.165) is 5.56 Å². The average molecular weight is 260 g/mol. The van der Waals surface area contributed by atoms with E-state index in [-0.39, 0.29) is 6.04 Å². The second-order valence-corrected chi connectivity index (χ2v) is 3.82. The number of ether oxygens (including phenoxy) is 2. The molecule has 6 nitrogen and oxygen atoms in total. The fraction of sp³-hybridized carbons (Fsp3) is 0.231. The van der Waals surface area contributed by atoms with E-state index in [9.17, 15) is 0 Å². The van der Waals surface area contributed by atoms with Crippen LogP contribution in [-0.2, 0) is 0 Å². The standard InChI is InChI=1S/C13H16N4O2/c1-18-10-5-4-9(8-11(10)19-2)12(17-14)13-15-6-3-7-16-13/h3-8,12,17H,14H2,1-2H3. The first-order valence-corrected chi connectivity index (χ1v) is 5.75. The predicted molar refractivity (Wildman–Crippen MR) is 70.7 cm³/mol. The Bertz CT molecular complexity index is 533. The first-order chi connectivity index (χ1) is 9.30. The van der Waals surface area contributed by atoms with Crippen molar-refractivity contribution in [1.29, 1.82) is 0 Å². The van der Waals surface area contributed by atoms with Crippen molar-refractivity contribution in [3.63, 3.8) is 0 Å². The maximum absolute atomic E-state index is 5.60. The third-order valence-electron chi connectivity index (χ3n) is 2.75. The first kappa shape index (κ1) is 13.3. The lowest BCUT2D eigenvalue weighted by Gasteiger charge is -2.16. The lowest BCUT2D eigenvalue weighted by molar-refractivity contribution is 0.354. The highest BCUT2D eigenvalue weighted by molar-refractivity contribution is 5.44. The van der Waals surface area contributed by atoms with Gasteiger partial charge in [-0.15, -0.1) is 0 Å². The minimum atomic E-state index is -0.305. The molecule has 1 atom stereocenters. The highest BCUT2D eigenvalue weighted by Crippen LogP contribution is 2.30. The number of methoxy groups -OCH3 is 2. The monoisotopic (exact) mass is 260 g/mol. The van der Waals surface area contributed by atoms with Gasteiger partial charge in [-0.25, -0.2) is 15.4 Å². The molecule has 2 rings (SSSR count). The molecule has 0 aliphatic heterocycles. The van der Waals surface area contributed by atoms with Crippen molar-refractivity contribution < 1.29 is 9.47 Å². The van der Waals surface area contributed by atoms with Gasteiger partial charge in [-0.2, -0.15) is 0 Å². The summed E-state index contributed by atoms with van der Waals surface area (Å²) in [6.45, 7) is 0. The van der Waals surface area contributed by atoms with Gasteiger partial charge in [0, 0.05) is 12.4 Å². The molecule has 0 saturated heterocycles. The zero-order valence-electron chi connectivity index (χ0n) is 10.8. The van der Waals surface area contributed by atoms with Crippen LogP contribution in [0.4, 0.5) is 0 Å². The minimum Gasteiger partial charge on any atom is -0.493 e. The Kier molecular flexibility index (Phi) is 4.27. The lowest BCUT2D eigenvalue weighted by atomic mass is 10.1. The summed E-state index contributed by atoms with van der Waals surface area (Å²) in [5.41, 5.74) is 3.60. The Morgan fingerprint density at radius 3 is 2.37 bits per heavy atom. The van der Waals surface area contributed by atoms with E-state index in [1.165, 1.54) is 0 Å². The quantitative estimate of drug-likeness (QED) is 0.617. The molecule has 3 N–H and O–H groups in total. The molecular formula is C13H16N4O2. The molecular weight excluding hydrogens is 244 g/mol. The summed E-state index contributed by atoms with van der Waals surface area (Å²) in [6.07, 6.45) is 3.35. The molecule has 2 aromatic rings. The number of rotatable bonds is 5. The van der Waals surface area contributed by atoms with Crippen LogP contribution in [0.3, 0.4) is 0 Å². The fourth-order valence-electron chi connectivity index (χ4n) is 1.81. The maximum Gasteiger partial charge on any atom is 0.161 e. The van der Waals surface area contributed by atoms with Gasteiger partial charge in [0.1, 0.15) is 6.04 Å². The molecule has 0 aliphatic rings. The molecule has 1 unspecified atom stereocenters. The second kappa shape index (κ2) is 6.12. The number of nitrogens with zero attached hydrogens (tertiary/aromatic N) is 2. The van der Waals surface area contributed by atoms with E-state index in [1.807, 2.05) is 18.2 Å². The van der Waals surface area contributed by atoms with Crippen molar-refractivity contribution in [2.75, 3.05) is 14.2 Å². The molecule has 1 aromatic carbocycles. The summed E-state index contributed by atoms with van der Waals surface area (Å²) in [4.78, 5) is 8.40. The highest BCUT2D eigenvalue weighted by Gasteiger charge is 2.17. The van der Waals surface area contributed by atoms with Gasteiger partial charge >= 0.3 is 0 Å². The van der Waals surface area contributed by atoms with E-state index in [2.05, 4.69) is 15.4 Å². The van der Waals surface area contributed by atoms with Crippen molar-refractivity contribution in [3.05, 3.63) is 48.0 Å². The topological polar surface area (TPSA) is 82.3 Å². The number of benzene rings is 1. The molecule has 0 amide bonds. The smallest absolute Gasteiger partial charge is 0.161 e. The highest BCUT2D eigenvalue weighted by atomic mass is 16.5. The summed E-state index contributed by atoms with van der Waals surface area (Å²) in [6, 6.07) is 7.01. The third-order valence-corrected chi connectivity index (χ3v) is 2.75. The van der Waals surface area contributed by atoms with Crippen molar-refractivity contribution in [2.45, 2.75) is 6.04 Å². The van der Waals surface area contributed by atoms with Crippen LogP contribution in [0.1, 0.15) is 17.4 Å². The first-order valence-electron chi connectivity index (χ1n) is 5.75. The maximum atomic E-state index is 5.60. The van der Waals surface area contributed by atoms with Gasteiger partial charge in [0.2, 0.25) is 0 Å². The van der Waals surface area contributed by atoms with Gasteiger partial charge in [-0.1, -0.05) is 6.07 Å². The van der Waals surface area contributed by atoms with Gasteiger partial charge in [-0.3, -0.25) is 5.84 Å². The third kappa shape index (κ3) is 2.81. The molecule has 19 heavy (non-hydrogen) atoms. The van der Waals surface area contributed by atoms with E-state index in [1.54, 1.807) is 32.7 Å². The Hall–Kier alpha value is -2.18. The number of nitrogens with two attached hydrogens (primary N) is 1. The van der Waals surface area contributed by atoms with Crippen LogP contribution >= 0.6 is 0 Å². The fourth-order valence-corrected chi connectivity index (χ4v) is 1.81. The molecule has 0 saturated carbocycles. The summed E-state index contributed by atoms with van der Waals surface area (Å²) in [5, 5.41) is 0. The van der Waals surface area contributed by atoms with Gasteiger partial charge in [0.25, 0.3) is 0 Å². The van der Waals surface area contributed by atoms with Gasteiger partial charge < -0.3 is 9.47 Å². The summed E-state index contributed by atoms with van der Waals surface area (Å²) < 4.78 is 10.5. The SMILES string of the molecule is COc1ccc(C(NN)c2ncccn2)cc1OC. The Labute approximate surface area is 111 Å². The summed E-state index contributed by atoms with van der Waals surface area (Å²) in [5.74, 6) is 7.49. The van der Waals surface area contributed by atoms with Crippen LogP contribution < -0.4 is 20.7 Å². The van der Waals surface area contributed by atoms with Crippen LogP contribution in [0, 0.1) is 0 Å². The lowest BCUT2D eigenvalue weighted by Crippen LogP contribution is -2.30. The van der Waals surface area contributed by atoms with Crippen LogP contribution in [0.2, 0.25) is 0 Å². The molecule has 1 heterocycles. The number of hydrogen-bond acceptors (Lipinski definition) is 6. The van der Waals surface area contributed by atoms with Gasteiger partial charge in [0.05, 0.1) is 14.2 Å². The summed E-state index contributed by atoms with van der Waals surface area (Å²) >= 11 is 0. The van der Waals surface area contributed by atoms with Crippen molar-refractivity contribution in [2.24, 2.45) is 5.84 Å². The van der Waals surface area contributed by atoms with E-state index >= 15 is 0 Å². The Morgan fingerprint density at radius 2 is 1.79 bits per heavy atom. The van der Waals surface area contributed by atoms with E-state index in [4.69, 9.17) is 15.3 Å². The molecule has 0 fully saturated rings. The average Bonchev–Trinajstić information content (AvgIpc) is 2.49. The van der Waals surface area contributed by atoms with Crippen molar-refractivity contribution in [3.8, 4) is 11.5 Å². The van der Waals surface area contributed by atoms with Crippen LogP contribution in [-0.4, -0.2) is 24.2 Å². The molecule has 6 heteroatoms. The molecule has 0 bridgehead atoms. The molecule has 0 radical (unpaired) electrons. The largest absolute Gasteiger partial charge is 0.493 e. The molecule has 100 valence electrons. The Balaban J connectivity index is 2.39. The van der Waals surface area contributed by atoms with Gasteiger partial charge in [0.15, 0.2) is 17.3 Å². The molecule has 0 spiro atoms. The normalized spacial score (nSPS) is 11.9. The van der Waals surface area contributed by atoms with Gasteiger partial charge in [-0.05, 0) is 23.8 Å². The second-order valence-electron chi connectivity index (χ2n) is 3.82. The Morgan fingerprint density at radius 1 is 1.11 bits per heavy atom. The predicted octanol–water partition coefficient (Wildman–Crippen LogP) is 1.05. The number of aromatic nitrogens is 2. The number of nitrogens with one attached hydrogen (secondary N) is 1. The van der Waals surface area contributed by atoms with Crippen LogP contribution in [0.15, 0.2) is 36.7 Å². The number of hydrazine groups is 1. The molecule has 1 aromatic heterocycles.